The van der Waals surface area contributed by atoms with Crippen LogP contribution in [0.3, 0.4) is 0 Å². The van der Waals surface area contributed by atoms with Crippen molar-refractivity contribution in [2.45, 2.75) is 6.54 Å². The van der Waals surface area contributed by atoms with E-state index in [0.29, 0.717) is 12.1 Å². The van der Waals surface area contributed by atoms with Crippen molar-refractivity contribution in [3.63, 3.8) is 0 Å². The van der Waals surface area contributed by atoms with Crippen LogP contribution in [-0.2, 0) is 6.54 Å². The lowest BCUT2D eigenvalue weighted by atomic mass is 10.2. The molecule has 1 N–H and O–H groups in total. The number of carbonyl (C=O) groups excluding carboxylic acids is 1. The molecule has 114 valence electrons. The minimum Gasteiger partial charge on any atom is -0.264 e. The molecule has 2 aromatic carbocycles. The van der Waals surface area contributed by atoms with Gasteiger partial charge in [-0.05, 0) is 12.1 Å². The Morgan fingerprint density at radius 3 is 2.23 bits per heavy atom. The van der Waals surface area contributed by atoms with Crippen LogP contribution in [0.4, 0.5) is 5.69 Å². The van der Waals surface area contributed by atoms with E-state index in [1.54, 1.807) is 0 Å². The number of benzene rings is 2. The van der Waals surface area contributed by atoms with Crippen molar-refractivity contribution in [1.29, 1.82) is 0 Å². The zero-order valence-corrected chi connectivity index (χ0v) is 12.5. The van der Waals surface area contributed by atoms with Gasteiger partial charge in [0.25, 0.3) is 11.6 Å². The molecule has 0 aliphatic rings. The van der Waals surface area contributed by atoms with Gasteiger partial charge in [0.1, 0.15) is 6.54 Å². The summed E-state index contributed by atoms with van der Waals surface area (Å²) in [5, 5.41) is 10.6. The number of rotatable bonds is 5. The van der Waals surface area contributed by atoms with Gasteiger partial charge in [0.15, 0.2) is 0 Å². The summed E-state index contributed by atoms with van der Waals surface area (Å²) in [4.78, 5) is 22.4. The highest BCUT2D eigenvalue weighted by molar-refractivity contribution is 5.93. The molecular weight excluding hydrogens is 282 g/mol. The first kappa shape index (κ1) is 15.7. The number of nitro groups is 1. The molecule has 22 heavy (non-hydrogen) atoms. The molecule has 0 atom stereocenters. The van der Waals surface area contributed by atoms with E-state index < -0.39 is 4.92 Å². The van der Waals surface area contributed by atoms with E-state index in [0.717, 1.165) is 5.56 Å². The predicted octanol–water partition coefficient (Wildman–Crippen LogP) is 2.52. The molecule has 0 saturated carbocycles. The number of nitrogens with zero attached hydrogens (tertiary/aromatic N) is 2. The van der Waals surface area contributed by atoms with E-state index in [2.05, 4.69) is 5.43 Å². The van der Waals surface area contributed by atoms with E-state index in [1.807, 2.05) is 44.4 Å². The maximum absolute atomic E-state index is 12.2. The first-order valence-corrected chi connectivity index (χ1v) is 6.81. The van der Waals surface area contributed by atoms with Crippen LogP contribution in [0.15, 0.2) is 54.6 Å². The van der Waals surface area contributed by atoms with Crippen molar-refractivity contribution >= 4 is 11.6 Å². The summed E-state index contributed by atoms with van der Waals surface area (Å²) in [7, 11) is 3.77. The highest BCUT2D eigenvalue weighted by atomic mass is 16.6. The van der Waals surface area contributed by atoms with Crippen molar-refractivity contribution in [2.24, 2.45) is 0 Å². The summed E-state index contributed by atoms with van der Waals surface area (Å²) < 4.78 is 0.278. The van der Waals surface area contributed by atoms with Gasteiger partial charge in [-0.1, -0.05) is 30.3 Å². The van der Waals surface area contributed by atoms with Crippen LogP contribution in [0.5, 0.6) is 0 Å². The number of nitrogens with one attached hydrogen (secondary N) is 1. The Kier molecular flexibility index (Phi) is 4.53. The highest BCUT2D eigenvalue weighted by Gasteiger charge is 2.21. The summed E-state index contributed by atoms with van der Waals surface area (Å²) in [6.07, 6.45) is 0. The number of hydrogen-bond donors (Lipinski definition) is 1. The van der Waals surface area contributed by atoms with Gasteiger partial charge in [-0.3, -0.25) is 14.9 Å². The molecule has 0 spiro atoms. The molecule has 1 amide bonds. The number of carbonyl (C=O) groups is 1. The molecule has 0 unspecified atom stereocenters. The Morgan fingerprint density at radius 2 is 1.68 bits per heavy atom. The third-order valence-corrected chi connectivity index (χ3v) is 3.17. The van der Waals surface area contributed by atoms with E-state index in [1.165, 1.54) is 24.3 Å². The van der Waals surface area contributed by atoms with Gasteiger partial charge < -0.3 is 0 Å². The van der Waals surface area contributed by atoms with Crippen molar-refractivity contribution in [3.05, 3.63) is 75.8 Å². The van der Waals surface area contributed by atoms with Crippen molar-refractivity contribution in [2.75, 3.05) is 14.1 Å². The largest absolute Gasteiger partial charge is 0.295 e. The first-order valence-electron chi connectivity index (χ1n) is 6.81. The molecular formula is C16H18N3O3+. The smallest absolute Gasteiger partial charge is 0.264 e. The van der Waals surface area contributed by atoms with Crippen LogP contribution in [-0.4, -0.2) is 29.5 Å². The molecule has 0 heterocycles. The summed E-state index contributed by atoms with van der Waals surface area (Å²) in [5.74, 6) is -0.268. The average Bonchev–Trinajstić information content (AvgIpc) is 2.47. The van der Waals surface area contributed by atoms with Gasteiger partial charge in [-0.25, -0.2) is 4.59 Å². The molecule has 2 rings (SSSR count). The van der Waals surface area contributed by atoms with Gasteiger partial charge in [-0.15, -0.1) is 0 Å². The molecule has 0 saturated heterocycles. The van der Waals surface area contributed by atoms with Crippen LogP contribution in [0.2, 0.25) is 0 Å². The third-order valence-electron chi connectivity index (χ3n) is 3.17. The van der Waals surface area contributed by atoms with Gasteiger partial charge in [0.2, 0.25) is 0 Å². The molecule has 0 radical (unpaired) electrons. The summed E-state index contributed by atoms with van der Waals surface area (Å²) in [5.41, 5.74) is 4.37. The Bertz CT molecular complexity index is 667. The lowest BCUT2D eigenvalue weighted by Gasteiger charge is -2.29. The monoisotopic (exact) mass is 300 g/mol. The molecule has 0 aromatic heterocycles. The maximum Gasteiger partial charge on any atom is 0.295 e. The predicted molar refractivity (Wildman–Crippen MR) is 82.8 cm³/mol. The van der Waals surface area contributed by atoms with Crippen LogP contribution >= 0.6 is 0 Å². The Labute approximate surface area is 128 Å². The lowest BCUT2D eigenvalue weighted by molar-refractivity contribution is -0.937. The summed E-state index contributed by atoms with van der Waals surface area (Å²) in [6, 6.07) is 15.4. The Balaban J connectivity index is 2.05. The SMILES string of the molecule is C[N+](C)(Cc1ccccc1)NC(=O)c1ccc([N+](=O)[O-])cc1. The van der Waals surface area contributed by atoms with Crippen LogP contribution in [0.1, 0.15) is 15.9 Å². The minimum absolute atomic E-state index is 0.0328. The number of nitro benzene ring substituents is 1. The van der Waals surface area contributed by atoms with E-state index in [4.69, 9.17) is 0 Å². The summed E-state index contributed by atoms with van der Waals surface area (Å²) >= 11 is 0. The molecule has 2 aromatic rings. The van der Waals surface area contributed by atoms with E-state index in [9.17, 15) is 14.9 Å². The molecule has 0 aliphatic heterocycles. The fraction of sp³-hybridized carbons (Fsp3) is 0.188. The second-order valence-electron chi connectivity index (χ2n) is 5.57. The van der Waals surface area contributed by atoms with Gasteiger partial charge >= 0.3 is 0 Å². The zero-order valence-electron chi connectivity index (χ0n) is 12.5. The van der Waals surface area contributed by atoms with E-state index in [-0.39, 0.29) is 16.2 Å². The maximum atomic E-state index is 12.2. The van der Waals surface area contributed by atoms with Crippen LogP contribution in [0, 0.1) is 10.1 Å². The quantitative estimate of drug-likeness (QED) is 0.524. The lowest BCUT2D eigenvalue weighted by Crippen LogP contribution is -2.53. The average molecular weight is 300 g/mol. The third kappa shape index (κ3) is 4.13. The summed E-state index contributed by atoms with van der Waals surface area (Å²) in [6.45, 7) is 0.638. The van der Waals surface area contributed by atoms with Crippen molar-refractivity contribution in [3.8, 4) is 0 Å². The van der Waals surface area contributed by atoms with Gasteiger partial charge in [0, 0.05) is 23.3 Å². The Morgan fingerprint density at radius 1 is 1.09 bits per heavy atom. The first-order chi connectivity index (χ1) is 10.4. The standard InChI is InChI=1S/C16H17N3O3/c1-19(2,12-13-6-4-3-5-7-13)17-16(20)14-8-10-15(11-9-14)18(21)22/h3-11H,12H2,1-2H3/p+1. The van der Waals surface area contributed by atoms with Crippen molar-refractivity contribution in [1.82, 2.24) is 5.43 Å². The molecule has 0 fully saturated rings. The zero-order chi connectivity index (χ0) is 16.2. The topological polar surface area (TPSA) is 72.2 Å². The van der Waals surface area contributed by atoms with Gasteiger partial charge in [0.05, 0.1) is 19.0 Å². The second-order valence-corrected chi connectivity index (χ2v) is 5.57. The number of non-ortho nitro benzene ring substituents is 1. The van der Waals surface area contributed by atoms with Crippen LogP contribution in [0.25, 0.3) is 0 Å². The van der Waals surface area contributed by atoms with E-state index >= 15 is 0 Å². The second kappa shape index (κ2) is 6.36. The number of amides is 1. The molecule has 6 nitrogen and oxygen atoms in total. The number of quaternary nitrogens is 1. The highest BCUT2D eigenvalue weighted by Crippen LogP contribution is 2.13. The minimum atomic E-state index is -0.489. The molecule has 0 bridgehead atoms. The Hall–Kier alpha value is -2.73. The fourth-order valence-electron chi connectivity index (χ4n) is 2.15. The number of hydrogen-bond acceptors (Lipinski definition) is 3. The molecule has 0 aliphatic carbocycles. The van der Waals surface area contributed by atoms with Crippen molar-refractivity contribution < 1.29 is 14.3 Å². The van der Waals surface area contributed by atoms with Crippen LogP contribution < -0.4 is 5.43 Å². The molecule has 6 heteroatoms. The normalized spacial score (nSPS) is 11.0. The fourth-order valence-corrected chi connectivity index (χ4v) is 2.15. The van der Waals surface area contributed by atoms with Gasteiger partial charge in [-0.2, -0.15) is 5.43 Å².